The number of nitriles is 1. The highest BCUT2D eigenvalue weighted by molar-refractivity contribution is 5.30. The first kappa shape index (κ1) is 12.6. The Morgan fingerprint density at radius 2 is 1.95 bits per heavy atom. The normalized spacial score (nSPS) is 21.2. The molecule has 2 fully saturated rings. The molecule has 0 atom stereocenters. The van der Waals surface area contributed by atoms with Crippen molar-refractivity contribution in [2.45, 2.75) is 19.4 Å². The first-order valence-corrected chi connectivity index (χ1v) is 7.14. The van der Waals surface area contributed by atoms with Gasteiger partial charge in [0.1, 0.15) is 11.8 Å². The molecule has 4 heteroatoms. The van der Waals surface area contributed by atoms with Crippen LogP contribution < -0.4 is 0 Å². The van der Waals surface area contributed by atoms with Gasteiger partial charge in [0.05, 0.1) is 0 Å². The molecule has 19 heavy (non-hydrogen) atoms. The Morgan fingerprint density at radius 3 is 2.63 bits per heavy atom. The Kier molecular flexibility index (Phi) is 3.77. The van der Waals surface area contributed by atoms with Crippen LogP contribution in [0, 0.1) is 17.2 Å². The molecule has 0 amide bonds. The van der Waals surface area contributed by atoms with E-state index >= 15 is 0 Å². The molecule has 1 aliphatic carbocycles. The van der Waals surface area contributed by atoms with Crippen LogP contribution in [0.15, 0.2) is 18.3 Å². The van der Waals surface area contributed by atoms with Crippen LogP contribution >= 0.6 is 0 Å². The average molecular weight is 256 g/mol. The molecular weight excluding hydrogens is 236 g/mol. The van der Waals surface area contributed by atoms with Crippen LogP contribution in [-0.2, 0) is 6.54 Å². The standard InChI is InChI=1S/C15H20N4/c16-10-15-14(2-1-5-17-15)12-19-8-6-18(7-9-19)11-13-3-4-13/h1-2,5,13H,3-4,6-9,11-12H2. The highest BCUT2D eigenvalue weighted by Crippen LogP contribution is 2.29. The summed E-state index contributed by atoms with van der Waals surface area (Å²) in [5.41, 5.74) is 1.63. The lowest BCUT2D eigenvalue weighted by molar-refractivity contribution is 0.123. The zero-order chi connectivity index (χ0) is 13.1. The number of aromatic nitrogens is 1. The predicted molar refractivity (Wildman–Crippen MR) is 73.4 cm³/mol. The molecule has 2 heterocycles. The number of rotatable bonds is 4. The van der Waals surface area contributed by atoms with Gasteiger partial charge in [0, 0.05) is 51.0 Å². The van der Waals surface area contributed by atoms with E-state index in [9.17, 15) is 0 Å². The third-order valence-electron chi connectivity index (χ3n) is 4.07. The minimum atomic E-state index is 0.572. The van der Waals surface area contributed by atoms with E-state index in [2.05, 4.69) is 20.9 Å². The van der Waals surface area contributed by atoms with Gasteiger partial charge in [-0.05, 0) is 24.8 Å². The molecular formula is C15H20N4. The van der Waals surface area contributed by atoms with Crippen LogP contribution in [0.5, 0.6) is 0 Å². The van der Waals surface area contributed by atoms with Gasteiger partial charge in [0.25, 0.3) is 0 Å². The summed E-state index contributed by atoms with van der Waals surface area (Å²) in [6.07, 6.45) is 4.55. The summed E-state index contributed by atoms with van der Waals surface area (Å²) in [5.74, 6) is 0.982. The maximum absolute atomic E-state index is 9.06. The number of nitrogens with zero attached hydrogens (tertiary/aromatic N) is 4. The average Bonchev–Trinajstić information content (AvgIpc) is 3.26. The predicted octanol–water partition coefficient (Wildman–Crippen LogP) is 1.48. The second-order valence-corrected chi connectivity index (χ2v) is 5.64. The van der Waals surface area contributed by atoms with Crippen molar-refractivity contribution in [1.29, 1.82) is 5.26 Å². The van der Waals surface area contributed by atoms with Gasteiger partial charge >= 0.3 is 0 Å². The lowest BCUT2D eigenvalue weighted by atomic mass is 10.1. The first-order chi connectivity index (χ1) is 9.35. The van der Waals surface area contributed by atoms with E-state index < -0.39 is 0 Å². The number of pyridine rings is 1. The summed E-state index contributed by atoms with van der Waals surface area (Å²) in [6, 6.07) is 6.11. The quantitative estimate of drug-likeness (QED) is 0.818. The highest BCUT2D eigenvalue weighted by Gasteiger charge is 2.26. The zero-order valence-electron chi connectivity index (χ0n) is 11.3. The van der Waals surface area contributed by atoms with Crippen molar-refractivity contribution < 1.29 is 0 Å². The van der Waals surface area contributed by atoms with Gasteiger partial charge in [0.2, 0.25) is 0 Å². The van der Waals surface area contributed by atoms with Crippen molar-refractivity contribution in [3.8, 4) is 6.07 Å². The molecule has 1 aromatic heterocycles. The van der Waals surface area contributed by atoms with Crippen LogP contribution in [-0.4, -0.2) is 47.5 Å². The second kappa shape index (κ2) is 5.68. The summed E-state index contributed by atoms with van der Waals surface area (Å²) in [4.78, 5) is 9.14. The first-order valence-electron chi connectivity index (χ1n) is 7.14. The van der Waals surface area contributed by atoms with Crippen molar-refractivity contribution in [1.82, 2.24) is 14.8 Å². The van der Waals surface area contributed by atoms with Gasteiger partial charge in [0.15, 0.2) is 0 Å². The van der Waals surface area contributed by atoms with Crippen molar-refractivity contribution in [3.63, 3.8) is 0 Å². The summed E-state index contributed by atoms with van der Waals surface area (Å²) in [6.45, 7) is 6.69. The third-order valence-corrected chi connectivity index (χ3v) is 4.07. The van der Waals surface area contributed by atoms with Crippen molar-refractivity contribution in [2.75, 3.05) is 32.7 Å². The van der Waals surface area contributed by atoms with E-state index in [0.29, 0.717) is 5.69 Å². The fraction of sp³-hybridized carbons (Fsp3) is 0.600. The number of piperazine rings is 1. The third kappa shape index (κ3) is 3.31. The van der Waals surface area contributed by atoms with Crippen LogP contribution in [0.4, 0.5) is 0 Å². The van der Waals surface area contributed by atoms with E-state index in [4.69, 9.17) is 5.26 Å². The van der Waals surface area contributed by atoms with Crippen LogP contribution in [0.1, 0.15) is 24.1 Å². The van der Waals surface area contributed by atoms with Crippen LogP contribution in [0.25, 0.3) is 0 Å². The largest absolute Gasteiger partial charge is 0.301 e. The molecule has 0 radical (unpaired) electrons. The smallest absolute Gasteiger partial charge is 0.144 e. The monoisotopic (exact) mass is 256 g/mol. The molecule has 0 spiro atoms. The van der Waals surface area contributed by atoms with Gasteiger partial charge in [-0.2, -0.15) is 5.26 Å². The molecule has 1 saturated heterocycles. The van der Waals surface area contributed by atoms with E-state index in [1.807, 2.05) is 12.1 Å². The molecule has 1 saturated carbocycles. The molecule has 100 valence electrons. The summed E-state index contributed by atoms with van der Waals surface area (Å²) >= 11 is 0. The lowest BCUT2D eigenvalue weighted by Gasteiger charge is -2.34. The van der Waals surface area contributed by atoms with Crippen molar-refractivity contribution in [3.05, 3.63) is 29.6 Å². The minimum Gasteiger partial charge on any atom is -0.301 e. The molecule has 1 aromatic rings. The summed E-state index contributed by atoms with van der Waals surface area (Å²) in [5, 5.41) is 9.06. The Bertz CT molecular complexity index is 467. The Labute approximate surface area is 114 Å². The SMILES string of the molecule is N#Cc1ncccc1CN1CCN(CC2CC2)CC1. The Morgan fingerprint density at radius 1 is 1.21 bits per heavy atom. The van der Waals surface area contributed by atoms with E-state index in [-0.39, 0.29) is 0 Å². The molecule has 3 rings (SSSR count). The summed E-state index contributed by atoms with van der Waals surface area (Å²) < 4.78 is 0. The Hall–Kier alpha value is -1.44. The Balaban J connectivity index is 1.52. The van der Waals surface area contributed by atoms with Gasteiger partial charge in [-0.25, -0.2) is 4.98 Å². The van der Waals surface area contributed by atoms with Crippen molar-refractivity contribution >= 4 is 0 Å². The van der Waals surface area contributed by atoms with E-state index in [1.54, 1.807) is 6.20 Å². The van der Waals surface area contributed by atoms with Crippen LogP contribution in [0.2, 0.25) is 0 Å². The maximum Gasteiger partial charge on any atom is 0.144 e. The maximum atomic E-state index is 9.06. The van der Waals surface area contributed by atoms with Gasteiger partial charge in [-0.15, -0.1) is 0 Å². The number of hydrogen-bond acceptors (Lipinski definition) is 4. The van der Waals surface area contributed by atoms with Crippen LogP contribution in [0.3, 0.4) is 0 Å². The molecule has 0 N–H and O–H groups in total. The molecule has 0 unspecified atom stereocenters. The van der Waals surface area contributed by atoms with E-state index in [0.717, 1.165) is 31.1 Å². The molecule has 1 aliphatic heterocycles. The molecule has 0 aromatic carbocycles. The molecule has 2 aliphatic rings. The minimum absolute atomic E-state index is 0.572. The zero-order valence-corrected chi connectivity index (χ0v) is 11.3. The lowest BCUT2D eigenvalue weighted by Crippen LogP contribution is -2.46. The topological polar surface area (TPSA) is 43.2 Å². The van der Waals surface area contributed by atoms with Crippen molar-refractivity contribution in [2.24, 2.45) is 5.92 Å². The molecule has 4 nitrogen and oxygen atoms in total. The van der Waals surface area contributed by atoms with Gasteiger partial charge < -0.3 is 4.90 Å². The fourth-order valence-corrected chi connectivity index (χ4v) is 2.70. The second-order valence-electron chi connectivity index (χ2n) is 5.64. The molecule has 0 bridgehead atoms. The summed E-state index contributed by atoms with van der Waals surface area (Å²) in [7, 11) is 0. The highest BCUT2D eigenvalue weighted by atomic mass is 15.3. The fourth-order valence-electron chi connectivity index (χ4n) is 2.70. The van der Waals surface area contributed by atoms with Gasteiger partial charge in [-0.1, -0.05) is 6.07 Å². The van der Waals surface area contributed by atoms with Gasteiger partial charge in [-0.3, -0.25) is 4.90 Å². The van der Waals surface area contributed by atoms with E-state index in [1.165, 1.54) is 32.5 Å². The number of hydrogen-bond donors (Lipinski definition) is 0.